The number of phenols is 1. The van der Waals surface area contributed by atoms with E-state index in [0.717, 1.165) is 5.56 Å². The van der Waals surface area contributed by atoms with Crippen molar-refractivity contribution >= 4 is 10.0 Å². The first-order valence-electron chi connectivity index (χ1n) is 5.26. The lowest BCUT2D eigenvalue weighted by Gasteiger charge is -2.04. The number of phenolic OH excluding ortho intramolecular Hbond substituents is 1. The minimum atomic E-state index is -3.58. The third-order valence-electron chi connectivity index (χ3n) is 2.37. The number of aryl methyl sites for hydroxylation is 1. The summed E-state index contributed by atoms with van der Waals surface area (Å²) in [6.45, 7) is 1.83. The lowest BCUT2D eigenvalue weighted by atomic mass is 10.2. The van der Waals surface area contributed by atoms with Crippen LogP contribution < -0.4 is 4.72 Å². The fraction of sp³-hybridized carbons (Fsp3) is 0.182. The molecule has 7 heteroatoms. The maximum atomic E-state index is 11.9. The SMILES string of the molecule is Cc1ncc(S(=O)(=O)NCc2ccc(O)cc2)[nH]1. The minimum Gasteiger partial charge on any atom is -0.508 e. The molecule has 1 aromatic carbocycles. The van der Waals surface area contributed by atoms with Gasteiger partial charge in [-0.3, -0.25) is 0 Å². The second-order valence-electron chi connectivity index (χ2n) is 3.82. The number of nitrogens with zero attached hydrogens (tertiary/aromatic N) is 1. The number of imidazole rings is 1. The number of hydrogen-bond acceptors (Lipinski definition) is 4. The number of sulfonamides is 1. The lowest BCUT2D eigenvalue weighted by Crippen LogP contribution is -2.23. The van der Waals surface area contributed by atoms with Gasteiger partial charge in [-0.15, -0.1) is 0 Å². The van der Waals surface area contributed by atoms with Crippen LogP contribution in [0.15, 0.2) is 35.5 Å². The van der Waals surface area contributed by atoms with E-state index >= 15 is 0 Å². The zero-order valence-corrected chi connectivity index (χ0v) is 10.5. The Hall–Kier alpha value is -1.86. The monoisotopic (exact) mass is 267 g/mol. The largest absolute Gasteiger partial charge is 0.508 e. The molecular formula is C11H13N3O3S. The zero-order valence-electron chi connectivity index (χ0n) is 9.71. The average molecular weight is 267 g/mol. The molecule has 0 saturated heterocycles. The zero-order chi connectivity index (χ0) is 13.2. The fourth-order valence-electron chi connectivity index (χ4n) is 1.40. The highest BCUT2D eigenvalue weighted by atomic mass is 32.2. The van der Waals surface area contributed by atoms with Crippen LogP contribution in [0.4, 0.5) is 0 Å². The van der Waals surface area contributed by atoms with E-state index in [1.165, 1.54) is 18.3 Å². The molecule has 0 amide bonds. The summed E-state index contributed by atoms with van der Waals surface area (Å²) in [5.74, 6) is 0.686. The molecule has 0 aliphatic rings. The third kappa shape index (κ3) is 2.88. The van der Waals surface area contributed by atoms with Gasteiger partial charge in [0.25, 0.3) is 10.0 Å². The van der Waals surface area contributed by atoms with Crippen molar-refractivity contribution in [2.24, 2.45) is 0 Å². The lowest BCUT2D eigenvalue weighted by molar-refractivity contribution is 0.475. The summed E-state index contributed by atoms with van der Waals surface area (Å²) in [4.78, 5) is 6.50. The Morgan fingerprint density at radius 2 is 2.00 bits per heavy atom. The second-order valence-corrected chi connectivity index (χ2v) is 5.56. The van der Waals surface area contributed by atoms with Crippen molar-refractivity contribution in [3.63, 3.8) is 0 Å². The Kier molecular flexibility index (Phi) is 3.35. The summed E-state index contributed by atoms with van der Waals surface area (Å²) in [6, 6.07) is 6.31. The topological polar surface area (TPSA) is 95.1 Å². The third-order valence-corrected chi connectivity index (χ3v) is 3.68. The summed E-state index contributed by atoms with van der Waals surface area (Å²) in [5, 5.41) is 9.15. The Balaban J connectivity index is 2.08. The van der Waals surface area contributed by atoms with Gasteiger partial charge in [-0.05, 0) is 24.6 Å². The van der Waals surface area contributed by atoms with Crippen LogP contribution in [0.3, 0.4) is 0 Å². The van der Waals surface area contributed by atoms with Crippen LogP contribution in [0.2, 0.25) is 0 Å². The van der Waals surface area contributed by atoms with Gasteiger partial charge in [0.15, 0.2) is 5.03 Å². The van der Waals surface area contributed by atoms with Crippen LogP contribution in [0.5, 0.6) is 5.75 Å². The summed E-state index contributed by atoms with van der Waals surface area (Å²) in [5.41, 5.74) is 0.757. The van der Waals surface area contributed by atoms with Crippen LogP contribution in [0.1, 0.15) is 11.4 Å². The molecule has 6 nitrogen and oxygen atoms in total. The molecule has 0 saturated carbocycles. The maximum absolute atomic E-state index is 11.9. The maximum Gasteiger partial charge on any atom is 0.257 e. The van der Waals surface area contributed by atoms with Gasteiger partial charge in [0.2, 0.25) is 0 Å². The van der Waals surface area contributed by atoms with Crippen LogP contribution in [0.25, 0.3) is 0 Å². The molecule has 0 aliphatic heterocycles. The van der Waals surface area contributed by atoms with Crippen molar-refractivity contribution in [2.45, 2.75) is 18.5 Å². The van der Waals surface area contributed by atoms with E-state index in [1.807, 2.05) is 0 Å². The number of H-pyrrole nitrogens is 1. The smallest absolute Gasteiger partial charge is 0.257 e. The molecule has 0 bridgehead atoms. The number of aromatic amines is 1. The predicted molar refractivity (Wildman–Crippen MR) is 65.5 cm³/mol. The van der Waals surface area contributed by atoms with E-state index in [2.05, 4.69) is 14.7 Å². The molecule has 18 heavy (non-hydrogen) atoms. The van der Waals surface area contributed by atoms with Crippen molar-refractivity contribution in [1.82, 2.24) is 14.7 Å². The Labute approximate surface area is 105 Å². The number of aromatic hydroxyl groups is 1. The van der Waals surface area contributed by atoms with Gasteiger partial charge in [0, 0.05) is 6.54 Å². The molecule has 1 heterocycles. The Bertz CT molecular complexity index is 632. The molecule has 0 atom stereocenters. The van der Waals surface area contributed by atoms with Crippen molar-refractivity contribution < 1.29 is 13.5 Å². The second kappa shape index (κ2) is 4.79. The van der Waals surface area contributed by atoms with Gasteiger partial charge < -0.3 is 10.1 Å². The molecule has 3 N–H and O–H groups in total. The van der Waals surface area contributed by atoms with Crippen molar-refractivity contribution in [1.29, 1.82) is 0 Å². The van der Waals surface area contributed by atoms with Gasteiger partial charge in [-0.2, -0.15) is 0 Å². The van der Waals surface area contributed by atoms with Crippen molar-refractivity contribution in [2.75, 3.05) is 0 Å². The summed E-state index contributed by atoms with van der Waals surface area (Å²) < 4.78 is 26.2. The first-order valence-corrected chi connectivity index (χ1v) is 6.75. The van der Waals surface area contributed by atoms with Gasteiger partial charge in [0.05, 0.1) is 6.20 Å². The van der Waals surface area contributed by atoms with E-state index in [4.69, 9.17) is 5.11 Å². The van der Waals surface area contributed by atoms with Crippen molar-refractivity contribution in [3.05, 3.63) is 41.9 Å². The predicted octanol–water partition coefficient (Wildman–Crippen LogP) is 0.902. The molecule has 2 aromatic rings. The number of aromatic nitrogens is 2. The van der Waals surface area contributed by atoms with E-state index in [1.54, 1.807) is 19.1 Å². The number of hydrogen-bond donors (Lipinski definition) is 3. The fourth-order valence-corrected chi connectivity index (χ4v) is 2.39. The molecule has 2 rings (SSSR count). The molecule has 0 unspecified atom stereocenters. The summed E-state index contributed by atoms with van der Waals surface area (Å²) in [6.07, 6.45) is 1.27. The average Bonchev–Trinajstić information content (AvgIpc) is 2.76. The number of benzene rings is 1. The molecule has 96 valence electrons. The quantitative estimate of drug-likeness (QED) is 0.767. The normalized spacial score (nSPS) is 11.6. The highest BCUT2D eigenvalue weighted by Crippen LogP contribution is 2.11. The Morgan fingerprint density at radius 1 is 1.33 bits per heavy atom. The molecule has 1 aromatic heterocycles. The van der Waals surface area contributed by atoms with E-state index in [-0.39, 0.29) is 17.3 Å². The van der Waals surface area contributed by atoms with Crippen molar-refractivity contribution in [3.8, 4) is 5.75 Å². The summed E-state index contributed by atoms with van der Waals surface area (Å²) in [7, 11) is -3.58. The van der Waals surface area contributed by atoms with Crippen LogP contribution in [-0.4, -0.2) is 23.5 Å². The summed E-state index contributed by atoms with van der Waals surface area (Å²) >= 11 is 0. The van der Waals surface area contributed by atoms with Crippen LogP contribution >= 0.6 is 0 Å². The van der Waals surface area contributed by atoms with Crippen LogP contribution in [0, 0.1) is 6.92 Å². The van der Waals surface area contributed by atoms with E-state index in [9.17, 15) is 8.42 Å². The minimum absolute atomic E-state index is 0.0405. The van der Waals surface area contributed by atoms with Gasteiger partial charge >= 0.3 is 0 Å². The highest BCUT2D eigenvalue weighted by molar-refractivity contribution is 7.89. The standard InChI is InChI=1S/C11H13N3O3S/c1-8-12-7-11(14-8)18(16,17)13-6-9-2-4-10(15)5-3-9/h2-5,7,13,15H,6H2,1H3,(H,12,14). The van der Waals surface area contributed by atoms with E-state index < -0.39 is 10.0 Å². The van der Waals surface area contributed by atoms with Crippen LogP contribution in [-0.2, 0) is 16.6 Å². The Morgan fingerprint density at radius 3 is 2.56 bits per heavy atom. The molecule has 0 spiro atoms. The van der Waals surface area contributed by atoms with Gasteiger partial charge in [-0.25, -0.2) is 18.1 Å². The first-order chi connectivity index (χ1) is 8.47. The highest BCUT2D eigenvalue weighted by Gasteiger charge is 2.15. The van der Waals surface area contributed by atoms with Gasteiger partial charge in [0.1, 0.15) is 11.6 Å². The molecule has 0 fully saturated rings. The van der Waals surface area contributed by atoms with Gasteiger partial charge in [-0.1, -0.05) is 12.1 Å². The molecule has 0 radical (unpaired) electrons. The number of nitrogens with one attached hydrogen (secondary N) is 2. The molecular weight excluding hydrogens is 254 g/mol. The number of rotatable bonds is 4. The van der Waals surface area contributed by atoms with E-state index in [0.29, 0.717) is 5.82 Å². The molecule has 0 aliphatic carbocycles. The first kappa shape index (κ1) is 12.6.